The van der Waals surface area contributed by atoms with Crippen molar-refractivity contribution in [3.05, 3.63) is 170 Å². The quantitative estimate of drug-likeness (QED) is 0.193. The van der Waals surface area contributed by atoms with Gasteiger partial charge in [-0.15, -0.1) is 0 Å². The molecule has 48 heavy (non-hydrogen) atoms. The van der Waals surface area contributed by atoms with E-state index in [0.717, 1.165) is 72.3 Å². The maximum atomic E-state index is 6.59. The third-order valence-electron chi connectivity index (χ3n) is 9.40. The molecule has 0 aliphatic heterocycles. The first-order valence-corrected chi connectivity index (χ1v) is 16.2. The molecule has 226 valence electrons. The maximum Gasteiger partial charge on any atom is 0.213 e. The summed E-state index contributed by atoms with van der Waals surface area (Å²) in [4.78, 5) is 2.30. The molecule has 0 atom stereocenters. The second-order valence-electron chi connectivity index (χ2n) is 12.2. The van der Waals surface area contributed by atoms with Crippen molar-refractivity contribution in [2.24, 2.45) is 0 Å². The normalized spacial score (nSPS) is 11.8. The molecule has 3 aromatic heterocycles. The summed E-state index contributed by atoms with van der Waals surface area (Å²) in [7, 11) is 0. The molecule has 0 spiro atoms. The van der Waals surface area contributed by atoms with Gasteiger partial charge in [0.1, 0.15) is 11.2 Å². The van der Waals surface area contributed by atoms with E-state index >= 15 is 0 Å². The molecular weight excluding hydrogens is 588 g/mol. The molecule has 4 nitrogen and oxygen atoms in total. The van der Waals surface area contributed by atoms with Crippen molar-refractivity contribution < 1.29 is 8.83 Å². The van der Waals surface area contributed by atoms with Crippen LogP contribution in [0.15, 0.2) is 179 Å². The summed E-state index contributed by atoms with van der Waals surface area (Å²) in [6.07, 6.45) is 0. The molecule has 0 amide bonds. The molecule has 0 saturated carbocycles. The first-order chi connectivity index (χ1) is 23.8. The summed E-state index contributed by atoms with van der Waals surface area (Å²) < 4.78 is 15.4. The van der Waals surface area contributed by atoms with E-state index in [4.69, 9.17) is 8.83 Å². The molecule has 0 aliphatic carbocycles. The second-order valence-corrected chi connectivity index (χ2v) is 12.2. The van der Waals surface area contributed by atoms with E-state index in [2.05, 4.69) is 149 Å². The van der Waals surface area contributed by atoms with Crippen LogP contribution in [-0.4, -0.2) is 4.57 Å². The predicted octanol–water partition coefficient (Wildman–Crippen LogP) is 12.6. The summed E-state index contributed by atoms with van der Waals surface area (Å²) in [5, 5.41) is 5.62. The van der Waals surface area contributed by atoms with Gasteiger partial charge < -0.3 is 13.7 Å². The second kappa shape index (κ2) is 10.5. The van der Waals surface area contributed by atoms with Crippen LogP contribution in [0.1, 0.15) is 0 Å². The van der Waals surface area contributed by atoms with Gasteiger partial charge in [-0.25, -0.2) is 0 Å². The Bertz CT molecular complexity index is 2780. The van der Waals surface area contributed by atoms with Gasteiger partial charge in [0.25, 0.3) is 0 Å². The van der Waals surface area contributed by atoms with E-state index in [0.29, 0.717) is 0 Å². The van der Waals surface area contributed by atoms with Gasteiger partial charge in [0, 0.05) is 32.9 Å². The minimum absolute atomic E-state index is 0.840. The van der Waals surface area contributed by atoms with Crippen molar-refractivity contribution in [1.82, 2.24) is 4.57 Å². The molecular formula is C44H28N2O2. The van der Waals surface area contributed by atoms with E-state index < -0.39 is 0 Å². The van der Waals surface area contributed by atoms with E-state index in [9.17, 15) is 0 Å². The minimum Gasteiger partial charge on any atom is -0.454 e. The van der Waals surface area contributed by atoms with E-state index in [1.165, 1.54) is 16.5 Å². The molecule has 0 fully saturated rings. The molecule has 0 bridgehead atoms. The topological polar surface area (TPSA) is 34.5 Å². The SMILES string of the molecule is c1ccc(-c2ccc(N(c3cccc(-n4c5ccccc5c5c6ccccc6oc54)c3)c3cccc4c3oc3ccccc34)cc2)cc1. The van der Waals surface area contributed by atoms with Crippen LogP contribution in [-0.2, 0) is 0 Å². The zero-order valence-corrected chi connectivity index (χ0v) is 25.9. The lowest BCUT2D eigenvalue weighted by Gasteiger charge is -2.26. The van der Waals surface area contributed by atoms with E-state index in [-0.39, 0.29) is 0 Å². The van der Waals surface area contributed by atoms with E-state index in [1.807, 2.05) is 30.3 Å². The number of rotatable bonds is 5. The predicted molar refractivity (Wildman–Crippen MR) is 198 cm³/mol. The Balaban J connectivity index is 1.21. The van der Waals surface area contributed by atoms with Gasteiger partial charge in [-0.05, 0) is 65.7 Å². The number of benzene rings is 7. The van der Waals surface area contributed by atoms with Crippen molar-refractivity contribution in [2.75, 3.05) is 4.90 Å². The Morgan fingerprint density at radius 3 is 1.92 bits per heavy atom. The number of hydrogen-bond acceptors (Lipinski definition) is 3. The Hall–Kier alpha value is -6.52. The molecule has 3 heterocycles. The maximum absolute atomic E-state index is 6.59. The fourth-order valence-corrected chi connectivity index (χ4v) is 7.24. The Labute approximate surface area is 276 Å². The highest BCUT2D eigenvalue weighted by atomic mass is 16.3. The molecule has 0 N–H and O–H groups in total. The Morgan fingerprint density at radius 2 is 1.08 bits per heavy atom. The lowest BCUT2D eigenvalue weighted by atomic mass is 10.0. The first-order valence-electron chi connectivity index (χ1n) is 16.2. The molecule has 0 aliphatic rings. The third kappa shape index (κ3) is 4.03. The third-order valence-corrected chi connectivity index (χ3v) is 9.40. The van der Waals surface area contributed by atoms with Crippen LogP contribution in [0.5, 0.6) is 0 Å². The summed E-state index contributed by atoms with van der Waals surface area (Å²) in [5.74, 6) is 0. The van der Waals surface area contributed by atoms with Crippen LogP contribution in [0.4, 0.5) is 17.1 Å². The number of para-hydroxylation sites is 4. The monoisotopic (exact) mass is 616 g/mol. The average molecular weight is 617 g/mol. The van der Waals surface area contributed by atoms with Crippen molar-refractivity contribution in [3.63, 3.8) is 0 Å². The fourth-order valence-electron chi connectivity index (χ4n) is 7.24. The van der Waals surface area contributed by atoms with Crippen LogP contribution in [0.25, 0.3) is 71.7 Å². The lowest BCUT2D eigenvalue weighted by molar-refractivity contribution is 0.645. The van der Waals surface area contributed by atoms with Crippen molar-refractivity contribution in [1.29, 1.82) is 0 Å². The highest BCUT2D eigenvalue weighted by Gasteiger charge is 2.22. The van der Waals surface area contributed by atoms with Crippen LogP contribution in [0.3, 0.4) is 0 Å². The van der Waals surface area contributed by atoms with Gasteiger partial charge in [0.05, 0.1) is 22.3 Å². The summed E-state index contributed by atoms with van der Waals surface area (Å²) in [6, 6.07) is 59.4. The number of aromatic nitrogens is 1. The van der Waals surface area contributed by atoms with Crippen molar-refractivity contribution in [2.45, 2.75) is 0 Å². The minimum atomic E-state index is 0.840. The van der Waals surface area contributed by atoms with Gasteiger partial charge >= 0.3 is 0 Å². The molecule has 4 heteroatoms. The number of anilines is 3. The first kappa shape index (κ1) is 26.7. The van der Waals surface area contributed by atoms with Crippen LogP contribution in [0.2, 0.25) is 0 Å². The standard InChI is InChI=1S/C44H28N2O2/c1-2-12-29(13-3-1)30-24-26-31(27-25-30)45(39-21-11-19-35-34-16-5-8-22-40(34)47-43(35)39)32-14-10-15-33(28-32)46-38-20-7-4-17-36(38)42-37-18-6-9-23-41(37)48-44(42)46/h1-28H. The fraction of sp³-hybridized carbons (Fsp3) is 0. The summed E-state index contributed by atoms with van der Waals surface area (Å²) >= 11 is 0. The van der Waals surface area contributed by atoms with Crippen LogP contribution < -0.4 is 4.90 Å². The highest BCUT2D eigenvalue weighted by molar-refractivity contribution is 6.20. The van der Waals surface area contributed by atoms with Gasteiger partial charge in [-0.3, -0.25) is 4.57 Å². The van der Waals surface area contributed by atoms with Crippen molar-refractivity contribution >= 4 is 72.0 Å². The van der Waals surface area contributed by atoms with Gasteiger partial charge in [0.2, 0.25) is 5.71 Å². The number of nitrogens with zero attached hydrogens (tertiary/aromatic N) is 2. The summed E-state index contributed by atoms with van der Waals surface area (Å²) in [6.45, 7) is 0. The largest absolute Gasteiger partial charge is 0.454 e. The average Bonchev–Trinajstić information content (AvgIpc) is 3.82. The molecule has 0 radical (unpaired) electrons. The van der Waals surface area contributed by atoms with E-state index in [1.54, 1.807) is 0 Å². The summed E-state index contributed by atoms with van der Waals surface area (Å²) in [5.41, 5.74) is 10.9. The number of furan rings is 2. The van der Waals surface area contributed by atoms with Crippen LogP contribution >= 0.6 is 0 Å². The molecule has 0 saturated heterocycles. The van der Waals surface area contributed by atoms with Crippen LogP contribution in [0, 0.1) is 0 Å². The Morgan fingerprint density at radius 1 is 0.438 bits per heavy atom. The number of fused-ring (bicyclic) bond motifs is 8. The van der Waals surface area contributed by atoms with Gasteiger partial charge in [-0.2, -0.15) is 0 Å². The molecule has 10 rings (SSSR count). The molecule has 7 aromatic carbocycles. The zero-order chi connectivity index (χ0) is 31.6. The lowest BCUT2D eigenvalue weighted by Crippen LogP contribution is -2.11. The van der Waals surface area contributed by atoms with Gasteiger partial charge in [0.15, 0.2) is 5.58 Å². The highest BCUT2D eigenvalue weighted by Crippen LogP contribution is 2.44. The smallest absolute Gasteiger partial charge is 0.213 e. The zero-order valence-electron chi connectivity index (χ0n) is 25.9. The van der Waals surface area contributed by atoms with Gasteiger partial charge in [-0.1, -0.05) is 115 Å². The number of hydrogen-bond donors (Lipinski definition) is 0. The van der Waals surface area contributed by atoms with Crippen molar-refractivity contribution in [3.8, 4) is 16.8 Å². The molecule has 0 unspecified atom stereocenters. The molecule has 10 aromatic rings. The Kier molecular flexibility index (Phi) is 5.84.